The Hall–Kier alpha value is -1.88. The highest BCUT2D eigenvalue weighted by molar-refractivity contribution is 6.31. The first kappa shape index (κ1) is 14.1. The van der Waals surface area contributed by atoms with Crippen LogP contribution in [-0.4, -0.2) is 21.9 Å². The summed E-state index contributed by atoms with van der Waals surface area (Å²) in [5, 5.41) is 4.92. The van der Waals surface area contributed by atoms with E-state index in [0.717, 1.165) is 42.4 Å². The van der Waals surface area contributed by atoms with E-state index in [2.05, 4.69) is 15.3 Å². The molecule has 1 fully saturated rings. The molecular weight excluding hydrogens is 288 g/mol. The Labute approximate surface area is 127 Å². The Bertz CT molecular complexity index is 676. The second kappa shape index (κ2) is 5.85. The zero-order valence-electron chi connectivity index (χ0n) is 11.6. The highest BCUT2D eigenvalue weighted by Gasteiger charge is 2.29. The van der Waals surface area contributed by atoms with Crippen LogP contribution >= 0.6 is 11.6 Å². The highest BCUT2D eigenvalue weighted by Crippen LogP contribution is 2.29. The van der Waals surface area contributed by atoms with Crippen molar-refractivity contribution in [1.29, 1.82) is 0 Å². The van der Waals surface area contributed by atoms with E-state index in [1.165, 1.54) is 6.33 Å². The number of carbonyl (C=O) groups excluding carboxylic acids is 1. The van der Waals surface area contributed by atoms with E-state index in [1.54, 1.807) is 6.07 Å². The van der Waals surface area contributed by atoms with Crippen LogP contribution in [0, 0.1) is 5.92 Å². The number of halogens is 1. The Morgan fingerprint density at radius 1 is 1.29 bits per heavy atom. The Morgan fingerprint density at radius 3 is 2.90 bits per heavy atom. The molecule has 5 nitrogen and oxygen atoms in total. The van der Waals surface area contributed by atoms with Crippen molar-refractivity contribution in [1.82, 2.24) is 9.97 Å². The molecule has 1 amide bonds. The molecule has 1 heterocycles. The van der Waals surface area contributed by atoms with Gasteiger partial charge in [-0.1, -0.05) is 24.4 Å². The molecule has 2 aromatic rings. The first-order valence-electron chi connectivity index (χ1n) is 7.11. The number of nitrogens with two attached hydrogens (primary N) is 1. The van der Waals surface area contributed by atoms with Gasteiger partial charge in [0.15, 0.2) is 0 Å². The van der Waals surface area contributed by atoms with Gasteiger partial charge >= 0.3 is 0 Å². The van der Waals surface area contributed by atoms with Crippen molar-refractivity contribution in [2.45, 2.75) is 31.7 Å². The zero-order chi connectivity index (χ0) is 14.8. The average molecular weight is 305 g/mol. The summed E-state index contributed by atoms with van der Waals surface area (Å²) >= 11 is 5.99. The smallest absolute Gasteiger partial charge is 0.222 e. The van der Waals surface area contributed by atoms with E-state index >= 15 is 0 Å². The maximum Gasteiger partial charge on any atom is 0.222 e. The average Bonchev–Trinajstić information content (AvgIpc) is 2.47. The van der Waals surface area contributed by atoms with Crippen molar-refractivity contribution in [2.24, 2.45) is 11.7 Å². The van der Waals surface area contributed by atoms with Gasteiger partial charge in [-0.05, 0) is 31.0 Å². The number of primary amides is 1. The number of fused-ring (bicyclic) bond motifs is 1. The molecule has 1 aromatic carbocycles. The van der Waals surface area contributed by atoms with Gasteiger partial charge in [0.25, 0.3) is 0 Å². The summed E-state index contributed by atoms with van der Waals surface area (Å²) in [4.78, 5) is 20.1. The minimum Gasteiger partial charge on any atom is -0.369 e. The third-order valence-corrected chi connectivity index (χ3v) is 4.29. The standard InChI is InChI=1S/C15H17ClN4O/c16-9-5-6-11-13(7-9)18-8-19-15(11)20-12-4-2-1-3-10(12)14(17)21/h5-8,10,12H,1-4H2,(H2,17,21)(H,18,19,20). The van der Waals surface area contributed by atoms with Gasteiger partial charge < -0.3 is 11.1 Å². The number of hydrogen-bond acceptors (Lipinski definition) is 4. The second-order valence-electron chi connectivity index (χ2n) is 5.43. The molecule has 2 atom stereocenters. The first-order valence-corrected chi connectivity index (χ1v) is 7.49. The lowest BCUT2D eigenvalue weighted by Crippen LogP contribution is -2.40. The molecule has 0 aliphatic heterocycles. The molecule has 1 aromatic heterocycles. The number of benzene rings is 1. The van der Waals surface area contributed by atoms with E-state index in [4.69, 9.17) is 17.3 Å². The van der Waals surface area contributed by atoms with Crippen LogP contribution in [0.3, 0.4) is 0 Å². The SMILES string of the molecule is NC(=O)C1CCCCC1Nc1ncnc2cc(Cl)ccc12. The van der Waals surface area contributed by atoms with Gasteiger partial charge in [0, 0.05) is 16.5 Å². The number of anilines is 1. The molecular formula is C15H17ClN4O. The number of aromatic nitrogens is 2. The van der Waals surface area contributed by atoms with Crippen LogP contribution in [0.5, 0.6) is 0 Å². The van der Waals surface area contributed by atoms with E-state index in [9.17, 15) is 4.79 Å². The van der Waals surface area contributed by atoms with Crippen LogP contribution in [0.4, 0.5) is 5.82 Å². The molecule has 0 spiro atoms. The van der Waals surface area contributed by atoms with Crippen molar-refractivity contribution < 1.29 is 4.79 Å². The Morgan fingerprint density at radius 2 is 2.10 bits per heavy atom. The molecule has 21 heavy (non-hydrogen) atoms. The number of hydrogen-bond donors (Lipinski definition) is 2. The summed E-state index contributed by atoms with van der Waals surface area (Å²) in [6, 6.07) is 5.54. The van der Waals surface area contributed by atoms with E-state index in [0.29, 0.717) is 5.02 Å². The van der Waals surface area contributed by atoms with Gasteiger partial charge in [0.1, 0.15) is 12.1 Å². The number of nitrogens with zero attached hydrogens (tertiary/aromatic N) is 2. The van der Waals surface area contributed by atoms with Gasteiger partial charge in [0.2, 0.25) is 5.91 Å². The van der Waals surface area contributed by atoms with Crippen LogP contribution in [0.1, 0.15) is 25.7 Å². The number of carbonyl (C=O) groups is 1. The van der Waals surface area contributed by atoms with Gasteiger partial charge in [-0.25, -0.2) is 9.97 Å². The lowest BCUT2D eigenvalue weighted by molar-refractivity contribution is -0.122. The highest BCUT2D eigenvalue weighted by atomic mass is 35.5. The predicted molar refractivity (Wildman–Crippen MR) is 83.1 cm³/mol. The molecule has 2 unspecified atom stereocenters. The fourth-order valence-electron chi connectivity index (χ4n) is 2.97. The van der Waals surface area contributed by atoms with Gasteiger partial charge in [0.05, 0.1) is 11.4 Å². The van der Waals surface area contributed by atoms with Gasteiger partial charge in [-0.15, -0.1) is 0 Å². The van der Waals surface area contributed by atoms with Gasteiger partial charge in [-0.3, -0.25) is 4.79 Å². The molecule has 3 rings (SSSR count). The Kier molecular flexibility index (Phi) is 3.92. The molecule has 110 valence electrons. The molecule has 1 aliphatic rings. The summed E-state index contributed by atoms with van der Waals surface area (Å²) in [6.07, 6.45) is 5.40. The normalized spacial score (nSPS) is 22.1. The third-order valence-electron chi connectivity index (χ3n) is 4.05. The summed E-state index contributed by atoms with van der Waals surface area (Å²) in [5.41, 5.74) is 6.30. The van der Waals surface area contributed by atoms with E-state index < -0.39 is 0 Å². The number of rotatable bonds is 3. The first-order chi connectivity index (χ1) is 10.1. The molecule has 1 aliphatic carbocycles. The fraction of sp³-hybridized carbons (Fsp3) is 0.400. The summed E-state index contributed by atoms with van der Waals surface area (Å²) in [6.45, 7) is 0. The summed E-state index contributed by atoms with van der Waals surface area (Å²) in [7, 11) is 0. The van der Waals surface area contributed by atoms with Crippen molar-refractivity contribution in [3.63, 3.8) is 0 Å². The lowest BCUT2D eigenvalue weighted by Gasteiger charge is -2.30. The number of amides is 1. The van der Waals surface area contributed by atoms with Gasteiger partial charge in [-0.2, -0.15) is 0 Å². The van der Waals surface area contributed by atoms with Crippen LogP contribution in [0.2, 0.25) is 5.02 Å². The monoisotopic (exact) mass is 304 g/mol. The zero-order valence-corrected chi connectivity index (χ0v) is 12.3. The van der Waals surface area contributed by atoms with Crippen LogP contribution < -0.4 is 11.1 Å². The van der Waals surface area contributed by atoms with Crippen molar-refractivity contribution in [2.75, 3.05) is 5.32 Å². The lowest BCUT2D eigenvalue weighted by atomic mass is 9.84. The topological polar surface area (TPSA) is 80.9 Å². The predicted octanol–water partition coefficient (Wildman–Crippen LogP) is 2.74. The van der Waals surface area contributed by atoms with E-state index in [1.807, 2.05) is 12.1 Å². The second-order valence-corrected chi connectivity index (χ2v) is 5.86. The molecule has 0 bridgehead atoms. The molecule has 3 N–H and O–H groups in total. The third kappa shape index (κ3) is 2.93. The quantitative estimate of drug-likeness (QED) is 0.913. The van der Waals surface area contributed by atoms with Crippen LogP contribution in [0.15, 0.2) is 24.5 Å². The molecule has 1 saturated carbocycles. The molecule has 0 radical (unpaired) electrons. The Balaban J connectivity index is 1.92. The summed E-state index contributed by atoms with van der Waals surface area (Å²) in [5.74, 6) is 0.347. The minimum absolute atomic E-state index is 0.0324. The molecule has 0 saturated heterocycles. The van der Waals surface area contributed by atoms with Crippen molar-refractivity contribution in [3.05, 3.63) is 29.5 Å². The largest absolute Gasteiger partial charge is 0.369 e. The van der Waals surface area contributed by atoms with Crippen molar-refractivity contribution in [3.8, 4) is 0 Å². The molecule has 6 heteroatoms. The summed E-state index contributed by atoms with van der Waals surface area (Å²) < 4.78 is 0. The maximum absolute atomic E-state index is 11.6. The minimum atomic E-state index is -0.242. The number of nitrogens with one attached hydrogen (secondary N) is 1. The van der Waals surface area contributed by atoms with Crippen LogP contribution in [0.25, 0.3) is 10.9 Å². The van der Waals surface area contributed by atoms with E-state index in [-0.39, 0.29) is 17.9 Å². The fourth-order valence-corrected chi connectivity index (χ4v) is 3.13. The van der Waals surface area contributed by atoms with Crippen molar-refractivity contribution >= 4 is 34.2 Å². The maximum atomic E-state index is 11.6. The van der Waals surface area contributed by atoms with Crippen LogP contribution in [-0.2, 0) is 4.79 Å².